The zero-order valence-electron chi connectivity index (χ0n) is 10.2. The van der Waals surface area contributed by atoms with Crippen LogP contribution < -0.4 is 5.32 Å². The zero-order valence-corrected chi connectivity index (χ0v) is 11.0. The third-order valence-electron chi connectivity index (χ3n) is 2.73. The fourth-order valence-electron chi connectivity index (χ4n) is 1.72. The maximum atomic E-state index is 11.9. The molecule has 0 aromatic heterocycles. The highest BCUT2D eigenvalue weighted by molar-refractivity contribution is 6.64. The summed E-state index contributed by atoms with van der Waals surface area (Å²) in [5.74, 6) is 0.0176. The van der Waals surface area contributed by atoms with Crippen LogP contribution in [0.4, 0.5) is 9.59 Å². The van der Waals surface area contributed by atoms with E-state index in [4.69, 9.17) is 11.6 Å². The van der Waals surface area contributed by atoms with Crippen molar-refractivity contribution in [2.75, 3.05) is 13.2 Å². The van der Waals surface area contributed by atoms with Gasteiger partial charge < -0.3 is 15.2 Å². The molecule has 1 saturated heterocycles. The van der Waals surface area contributed by atoms with Gasteiger partial charge in [-0.25, -0.2) is 14.5 Å². The van der Waals surface area contributed by atoms with E-state index in [1.54, 1.807) is 0 Å². The SMILES string of the molecule is O=C(Cl)[C@H](NC(=O)N1CCOC1=O)c1ccc(O)cc1. The summed E-state index contributed by atoms with van der Waals surface area (Å²) in [7, 11) is 0. The molecule has 0 spiro atoms. The normalized spacial score (nSPS) is 15.7. The Morgan fingerprint density at radius 3 is 2.50 bits per heavy atom. The summed E-state index contributed by atoms with van der Waals surface area (Å²) in [6, 6.07) is 3.74. The van der Waals surface area contributed by atoms with Crippen molar-refractivity contribution in [3.63, 3.8) is 0 Å². The molecule has 2 rings (SSSR count). The van der Waals surface area contributed by atoms with Gasteiger partial charge in [0.15, 0.2) is 0 Å². The number of aromatic hydroxyl groups is 1. The topological polar surface area (TPSA) is 95.9 Å². The summed E-state index contributed by atoms with van der Waals surface area (Å²) in [5, 5.41) is 10.7. The first-order valence-corrected chi connectivity index (χ1v) is 6.10. The number of carbonyl (C=O) groups is 3. The van der Waals surface area contributed by atoms with Gasteiger partial charge in [0.2, 0.25) is 5.24 Å². The second-order valence-electron chi connectivity index (χ2n) is 4.04. The van der Waals surface area contributed by atoms with Crippen LogP contribution in [-0.4, -0.2) is 40.5 Å². The van der Waals surface area contributed by atoms with Crippen LogP contribution in [0.15, 0.2) is 24.3 Å². The van der Waals surface area contributed by atoms with E-state index in [0.717, 1.165) is 4.90 Å². The van der Waals surface area contributed by atoms with E-state index in [1.807, 2.05) is 0 Å². The van der Waals surface area contributed by atoms with Crippen molar-refractivity contribution in [2.45, 2.75) is 6.04 Å². The molecule has 3 amide bonds. The molecule has 1 atom stereocenters. The maximum absolute atomic E-state index is 11.9. The molecule has 0 radical (unpaired) electrons. The van der Waals surface area contributed by atoms with Crippen molar-refractivity contribution < 1.29 is 24.2 Å². The Hall–Kier alpha value is -2.28. The van der Waals surface area contributed by atoms with Gasteiger partial charge in [0.1, 0.15) is 18.4 Å². The van der Waals surface area contributed by atoms with Gasteiger partial charge in [0.05, 0.1) is 6.54 Å². The molecule has 1 aromatic carbocycles. The maximum Gasteiger partial charge on any atom is 0.418 e. The van der Waals surface area contributed by atoms with Gasteiger partial charge in [0, 0.05) is 0 Å². The summed E-state index contributed by atoms with van der Waals surface area (Å²) in [4.78, 5) is 35.4. The quantitative estimate of drug-likeness (QED) is 0.821. The first-order valence-electron chi connectivity index (χ1n) is 5.72. The number of halogens is 1. The summed E-state index contributed by atoms with van der Waals surface area (Å²) in [6.07, 6.45) is -0.769. The van der Waals surface area contributed by atoms with Crippen LogP contribution in [0.5, 0.6) is 5.75 Å². The molecular weight excluding hydrogens is 288 g/mol. The number of hydrogen-bond donors (Lipinski definition) is 2. The summed E-state index contributed by atoms with van der Waals surface area (Å²) < 4.78 is 4.63. The number of nitrogens with zero attached hydrogens (tertiary/aromatic N) is 1. The molecule has 0 aliphatic carbocycles. The first-order chi connectivity index (χ1) is 9.49. The fraction of sp³-hybridized carbons (Fsp3) is 0.250. The van der Waals surface area contributed by atoms with Crippen molar-refractivity contribution in [1.29, 1.82) is 0 Å². The Balaban J connectivity index is 2.13. The van der Waals surface area contributed by atoms with Gasteiger partial charge in [-0.15, -0.1) is 0 Å². The second-order valence-corrected chi connectivity index (χ2v) is 4.42. The number of imide groups is 1. The molecule has 1 aromatic rings. The smallest absolute Gasteiger partial charge is 0.418 e. The van der Waals surface area contributed by atoms with Gasteiger partial charge >= 0.3 is 12.1 Å². The Bertz CT molecular complexity index is 545. The number of amides is 3. The number of hydrogen-bond acceptors (Lipinski definition) is 5. The van der Waals surface area contributed by atoms with E-state index in [-0.39, 0.29) is 18.9 Å². The van der Waals surface area contributed by atoms with Crippen LogP contribution in [0.2, 0.25) is 0 Å². The van der Waals surface area contributed by atoms with E-state index in [9.17, 15) is 19.5 Å². The summed E-state index contributed by atoms with van der Waals surface area (Å²) in [6.45, 7) is 0.231. The van der Waals surface area contributed by atoms with Crippen molar-refractivity contribution in [3.05, 3.63) is 29.8 Å². The Kier molecular flexibility index (Phi) is 4.09. The van der Waals surface area contributed by atoms with Gasteiger partial charge in [-0.3, -0.25) is 4.79 Å². The lowest BCUT2D eigenvalue weighted by atomic mass is 10.1. The lowest BCUT2D eigenvalue weighted by molar-refractivity contribution is -0.113. The molecular formula is C12H11ClN2O5. The number of benzene rings is 1. The van der Waals surface area contributed by atoms with Gasteiger partial charge in [-0.05, 0) is 29.3 Å². The van der Waals surface area contributed by atoms with Crippen molar-refractivity contribution in [1.82, 2.24) is 10.2 Å². The number of rotatable bonds is 3. The van der Waals surface area contributed by atoms with Gasteiger partial charge in [0.25, 0.3) is 0 Å². The lowest BCUT2D eigenvalue weighted by Crippen LogP contribution is -2.43. The monoisotopic (exact) mass is 298 g/mol. The number of cyclic esters (lactones) is 1. The number of ether oxygens (including phenoxy) is 1. The number of phenols is 1. The van der Waals surface area contributed by atoms with Gasteiger partial charge in [-0.2, -0.15) is 0 Å². The van der Waals surface area contributed by atoms with Crippen LogP contribution in [0.3, 0.4) is 0 Å². The highest BCUT2D eigenvalue weighted by Gasteiger charge is 2.31. The molecule has 1 heterocycles. The Labute approximate surface area is 119 Å². The zero-order chi connectivity index (χ0) is 14.7. The van der Waals surface area contributed by atoms with Crippen LogP contribution >= 0.6 is 11.6 Å². The molecule has 20 heavy (non-hydrogen) atoms. The average molecular weight is 299 g/mol. The molecule has 1 aliphatic rings. The van der Waals surface area contributed by atoms with E-state index in [0.29, 0.717) is 5.56 Å². The first kappa shape index (κ1) is 14.1. The Morgan fingerprint density at radius 1 is 1.35 bits per heavy atom. The third kappa shape index (κ3) is 3.00. The standard InChI is InChI=1S/C12H11ClN2O5/c13-10(17)9(7-1-3-8(16)4-2-7)14-11(18)15-5-6-20-12(15)19/h1-4,9,16H,5-6H2,(H,14,18)/t9-/m1/s1. The molecule has 0 saturated carbocycles. The predicted molar refractivity (Wildman–Crippen MR) is 68.3 cm³/mol. The van der Waals surface area contributed by atoms with E-state index < -0.39 is 23.4 Å². The lowest BCUT2D eigenvalue weighted by Gasteiger charge is -2.18. The molecule has 0 bridgehead atoms. The molecule has 1 fully saturated rings. The molecule has 2 N–H and O–H groups in total. The predicted octanol–water partition coefficient (Wildman–Crippen LogP) is 1.36. The molecule has 8 heteroatoms. The molecule has 7 nitrogen and oxygen atoms in total. The third-order valence-corrected chi connectivity index (χ3v) is 2.95. The minimum atomic E-state index is -1.11. The summed E-state index contributed by atoms with van der Waals surface area (Å²) in [5.41, 5.74) is 0.392. The highest BCUT2D eigenvalue weighted by Crippen LogP contribution is 2.20. The van der Waals surface area contributed by atoms with Crippen molar-refractivity contribution in [3.8, 4) is 5.75 Å². The Morgan fingerprint density at radius 2 is 2.00 bits per heavy atom. The minimum Gasteiger partial charge on any atom is -0.508 e. The highest BCUT2D eigenvalue weighted by atomic mass is 35.5. The fourth-order valence-corrected chi connectivity index (χ4v) is 1.90. The summed E-state index contributed by atoms with van der Waals surface area (Å²) >= 11 is 5.45. The van der Waals surface area contributed by atoms with Gasteiger partial charge in [-0.1, -0.05) is 12.1 Å². The second kappa shape index (κ2) is 5.79. The van der Waals surface area contributed by atoms with E-state index in [2.05, 4.69) is 10.1 Å². The number of urea groups is 1. The largest absolute Gasteiger partial charge is 0.508 e. The van der Waals surface area contributed by atoms with E-state index >= 15 is 0 Å². The van der Waals surface area contributed by atoms with Crippen molar-refractivity contribution >= 4 is 29.0 Å². The minimum absolute atomic E-state index is 0.0176. The number of phenolic OH excluding ortho intramolecular Hbond substituents is 1. The van der Waals surface area contributed by atoms with E-state index in [1.165, 1.54) is 24.3 Å². The van der Waals surface area contributed by atoms with Crippen LogP contribution in [0.1, 0.15) is 11.6 Å². The number of carbonyl (C=O) groups excluding carboxylic acids is 3. The van der Waals surface area contributed by atoms with Crippen LogP contribution in [-0.2, 0) is 9.53 Å². The number of nitrogens with one attached hydrogen (secondary N) is 1. The average Bonchev–Trinajstić information content (AvgIpc) is 2.83. The van der Waals surface area contributed by atoms with Crippen LogP contribution in [0, 0.1) is 0 Å². The molecule has 1 aliphatic heterocycles. The molecule has 0 unspecified atom stereocenters. The van der Waals surface area contributed by atoms with Crippen molar-refractivity contribution in [2.24, 2.45) is 0 Å². The van der Waals surface area contributed by atoms with Crippen LogP contribution in [0.25, 0.3) is 0 Å². The molecule has 106 valence electrons.